The highest BCUT2D eigenvalue weighted by Gasteiger charge is 2.27. The van der Waals surface area contributed by atoms with Crippen LogP contribution in [0.3, 0.4) is 0 Å². The van der Waals surface area contributed by atoms with Crippen molar-refractivity contribution in [3.8, 4) is 0 Å². The van der Waals surface area contributed by atoms with Gasteiger partial charge in [-0.3, -0.25) is 4.79 Å². The number of amides is 1. The second-order valence-electron chi connectivity index (χ2n) is 7.64. The number of benzene rings is 1. The molecule has 0 bridgehead atoms. The van der Waals surface area contributed by atoms with E-state index in [9.17, 15) is 4.79 Å². The van der Waals surface area contributed by atoms with Crippen LogP contribution in [-0.2, 0) is 11.2 Å². The van der Waals surface area contributed by atoms with Crippen LogP contribution >= 0.6 is 0 Å². The normalized spacial score (nSPS) is 17.1. The molecule has 1 saturated heterocycles. The highest BCUT2D eigenvalue weighted by Crippen LogP contribution is 2.22. The van der Waals surface area contributed by atoms with Crippen molar-refractivity contribution >= 4 is 22.8 Å². The third-order valence-corrected chi connectivity index (χ3v) is 5.41. The summed E-state index contributed by atoms with van der Waals surface area (Å²) in [6.45, 7) is 6.20. The summed E-state index contributed by atoms with van der Waals surface area (Å²) < 4.78 is 0. The van der Waals surface area contributed by atoms with Crippen molar-refractivity contribution in [2.75, 3.05) is 24.5 Å². The summed E-state index contributed by atoms with van der Waals surface area (Å²) in [6, 6.07) is 10.2. The minimum Gasteiger partial charge on any atom is -0.361 e. The van der Waals surface area contributed by atoms with Crippen LogP contribution in [0.1, 0.15) is 29.8 Å². The molecule has 1 aromatic carbocycles. The van der Waals surface area contributed by atoms with Crippen LogP contribution in [0.2, 0.25) is 0 Å². The number of nitrogens with zero attached hydrogens (tertiary/aromatic N) is 3. The quantitative estimate of drug-likeness (QED) is 0.716. The number of fused-ring (bicyclic) bond motifs is 1. The van der Waals surface area contributed by atoms with E-state index in [1.807, 2.05) is 38.2 Å². The van der Waals surface area contributed by atoms with Gasteiger partial charge in [0.05, 0.1) is 5.92 Å². The minimum atomic E-state index is -0.0128. The number of H-pyrrole nitrogens is 1. The topological polar surface area (TPSA) is 73.9 Å². The van der Waals surface area contributed by atoms with Gasteiger partial charge in [-0.1, -0.05) is 18.2 Å². The molecule has 0 unspecified atom stereocenters. The maximum atomic E-state index is 12.7. The van der Waals surface area contributed by atoms with E-state index in [2.05, 4.69) is 37.3 Å². The number of aryl methyl sites for hydroxylation is 2. The Morgan fingerprint density at radius 2 is 2.04 bits per heavy atom. The molecular weight excluding hydrogens is 350 g/mol. The van der Waals surface area contributed by atoms with Crippen LogP contribution in [0.25, 0.3) is 10.9 Å². The summed E-state index contributed by atoms with van der Waals surface area (Å²) in [5.41, 5.74) is 4.31. The number of aromatic amines is 1. The first kappa shape index (κ1) is 18.5. The molecule has 2 N–H and O–H groups in total. The third kappa shape index (κ3) is 4.01. The summed E-state index contributed by atoms with van der Waals surface area (Å²) in [5.74, 6) is 0.865. The first-order valence-corrected chi connectivity index (χ1v) is 10.00. The third-order valence-electron chi connectivity index (χ3n) is 5.41. The maximum Gasteiger partial charge on any atom is 0.225 e. The van der Waals surface area contributed by atoms with Crippen LogP contribution < -0.4 is 10.2 Å². The first-order chi connectivity index (χ1) is 13.6. The lowest BCUT2D eigenvalue weighted by molar-refractivity contribution is -0.125. The number of nitrogens with one attached hydrogen (secondary N) is 2. The molecule has 1 amide bonds. The zero-order valence-corrected chi connectivity index (χ0v) is 16.5. The van der Waals surface area contributed by atoms with Crippen LogP contribution in [0, 0.1) is 19.8 Å². The summed E-state index contributed by atoms with van der Waals surface area (Å²) >= 11 is 0. The van der Waals surface area contributed by atoms with Gasteiger partial charge in [-0.05, 0) is 50.8 Å². The van der Waals surface area contributed by atoms with Crippen molar-refractivity contribution in [2.24, 2.45) is 5.92 Å². The number of piperidine rings is 1. The molecule has 3 aromatic rings. The monoisotopic (exact) mass is 377 g/mol. The summed E-state index contributed by atoms with van der Waals surface area (Å²) in [4.78, 5) is 27.3. The van der Waals surface area contributed by atoms with Crippen LogP contribution in [0.4, 0.5) is 5.95 Å². The van der Waals surface area contributed by atoms with Crippen molar-refractivity contribution in [3.63, 3.8) is 0 Å². The molecule has 1 aliphatic heterocycles. The van der Waals surface area contributed by atoms with E-state index in [4.69, 9.17) is 0 Å². The van der Waals surface area contributed by atoms with E-state index < -0.39 is 0 Å². The number of rotatable bonds is 5. The molecule has 1 aliphatic rings. The zero-order valence-electron chi connectivity index (χ0n) is 16.5. The van der Waals surface area contributed by atoms with Gasteiger partial charge in [0.1, 0.15) is 0 Å². The molecule has 0 spiro atoms. The molecule has 4 rings (SSSR count). The number of para-hydroxylation sites is 1. The fourth-order valence-electron chi connectivity index (χ4n) is 4.02. The van der Waals surface area contributed by atoms with Gasteiger partial charge >= 0.3 is 0 Å². The van der Waals surface area contributed by atoms with Crippen molar-refractivity contribution in [3.05, 3.63) is 53.5 Å². The Balaban J connectivity index is 1.34. The van der Waals surface area contributed by atoms with E-state index in [0.717, 1.165) is 48.7 Å². The van der Waals surface area contributed by atoms with Gasteiger partial charge in [0, 0.05) is 48.1 Å². The second kappa shape index (κ2) is 8.00. The van der Waals surface area contributed by atoms with Crippen molar-refractivity contribution < 1.29 is 4.79 Å². The molecule has 28 heavy (non-hydrogen) atoms. The molecule has 0 radical (unpaired) electrons. The van der Waals surface area contributed by atoms with Gasteiger partial charge in [-0.15, -0.1) is 0 Å². The van der Waals surface area contributed by atoms with Gasteiger partial charge in [0.2, 0.25) is 11.9 Å². The Kier molecular flexibility index (Phi) is 5.28. The van der Waals surface area contributed by atoms with Gasteiger partial charge in [-0.2, -0.15) is 0 Å². The number of hydrogen-bond donors (Lipinski definition) is 2. The van der Waals surface area contributed by atoms with Crippen molar-refractivity contribution in [1.29, 1.82) is 0 Å². The lowest BCUT2D eigenvalue weighted by atomic mass is 9.97. The molecular formula is C22H27N5O. The van der Waals surface area contributed by atoms with E-state index in [1.54, 1.807) is 0 Å². The Hall–Kier alpha value is -2.89. The van der Waals surface area contributed by atoms with Crippen LogP contribution in [0.15, 0.2) is 36.5 Å². The van der Waals surface area contributed by atoms with E-state index >= 15 is 0 Å². The highest BCUT2D eigenvalue weighted by atomic mass is 16.1. The fraction of sp³-hybridized carbons (Fsp3) is 0.409. The van der Waals surface area contributed by atoms with E-state index in [0.29, 0.717) is 13.1 Å². The van der Waals surface area contributed by atoms with Gasteiger partial charge in [0.25, 0.3) is 0 Å². The predicted octanol–water partition coefficient (Wildman–Crippen LogP) is 3.15. The molecule has 6 heteroatoms. The number of anilines is 1. The second-order valence-corrected chi connectivity index (χ2v) is 7.64. The van der Waals surface area contributed by atoms with Crippen LogP contribution in [-0.4, -0.2) is 40.5 Å². The number of carbonyl (C=O) groups excluding carboxylic acids is 1. The van der Waals surface area contributed by atoms with Gasteiger partial charge in [-0.25, -0.2) is 9.97 Å². The van der Waals surface area contributed by atoms with Crippen molar-refractivity contribution in [1.82, 2.24) is 20.3 Å². The molecule has 1 fully saturated rings. The van der Waals surface area contributed by atoms with Crippen molar-refractivity contribution in [2.45, 2.75) is 33.1 Å². The molecule has 2 aromatic heterocycles. The number of hydrogen-bond acceptors (Lipinski definition) is 4. The largest absolute Gasteiger partial charge is 0.361 e. The predicted molar refractivity (Wildman–Crippen MR) is 111 cm³/mol. The van der Waals surface area contributed by atoms with E-state index in [-0.39, 0.29) is 11.8 Å². The maximum absolute atomic E-state index is 12.7. The zero-order chi connectivity index (χ0) is 19.5. The summed E-state index contributed by atoms with van der Waals surface area (Å²) in [5, 5.41) is 4.36. The lowest BCUT2D eigenvalue weighted by Crippen LogP contribution is -2.44. The first-order valence-electron chi connectivity index (χ1n) is 10.00. The Labute approximate surface area is 165 Å². The Bertz CT molecular complexity index is 960. The Morgan fingerprint density at radius 3 is 2.86 bits per heavy atom. The SMILES string of the molecule is Cc1cc(C)nc(N2CCC[C@@H](C(=O)NCCc3c[nH]c4ccccc34)C2)n1. The standard InChI is InChI=1S/C22H27N5O/c1-15-12-16(2)26-22(25-15)27-11-5-6-18(14-27)21(28)23-10-9-17-13-24-20-8-4-3-7-19(17)20/h3-4,7-8,12-13,18,24H,5-6,9-11,14H2,1-2H3,(H,23,28)/t18-/m1/s1. The average molecular weight is 377 g/mol. The summed E-state index contributed by atoms with van der Waals surface area (Å²) in [6.07, 6.45) is 4.76. The highest BCUT2D eigenvalue weighted by molar-refractivity contribution is 5.83. The molecule has 1 atom stereocenters. The summed E-state index contributed by atoms with van der Waals surface area (Å²) in [7, 11) is 0. The fourth-order valence-corrected chi connectivity index (χ4v) is 4.02. The molecule has 146 valence electrons. The molecule has 3 heterocycles. The molecule has 0 saturated carbocycles. The van der Waals surface area contributed by atoms with Gasteiger partial charge < -0.3 is 15.2 Å². The van der Waals surface area contributed by atoms with Gasteiger partial charge in [0.15, 0.2) is 0 Å². The molecule has 0 aliphatic carbocycles. The minimum absolute atomic E-state index is 0.0128. The van der Waals surface area contributed by atoms with E-state index in [1.165, 1.54) is 10.9 Å². The smallest absolute Gasteiger partial charge is 0.225 e. The number of carbonyl (C=O) groups is 1. The molecule has 6 nitrogen and oxygen atoms in total. The lowest BCUT2D eigenvalue weighted by Gasteiger charge is -2.32. The van der Waals surface area contributed by atoms with Crippen LogP contribution in [0.5, 0.6) is 0 Å². The average Bonchev–Trinajstić information content (AvgIpc) is 3.10. The Morgan fingerprint density at radius 1 is 1.25 bits per heavy atom. The number of aromatic nitrogens is 3.